The summed E-state index contributed by atoms with van der Waals surface area (Å²) in [5.41, 5.74) is 7.01. The lowest BCUT2D eigenvalue weighted by molar-refractivity contribution is -0.138. The maximum absolute atomic E-state index is 10.5. The van der Waals surface area contributed by atoms with E-state index in [1.54, 1.807) is 24.3 Å². The molecular formula is C10H12N2O3. The fraction of sp³-hybridized carbons (Fsp3) is 0.300. The molecule has 0 radical (unpaired) electrons. The Morgan fingerprint density at radius 2 is 1.87 bits per heavy atom. The van der Waals surface area contributed by atoms with Crippen molar-refractivity contribution in [2.45, 2.75) is 19.0 Å². The first-order chi connectivity index (χ1) is 7.13. The van der Waals surface area contributed by atoms with Gasteiger partial charge in [-0.1, -0.05) is 29.4 Å². The van der Waals surface area contributed by atoms with Crippen molar-refractivity contribution in [3.05, 3.63) is 40.3 Å². The van der Waals surface area contributed by atoms with Crippen LogP contribution in [-0.4, -0.2) is 17.1 Å². The number of carboxylic acid groups (broad SMARTS) is 1. The third kappa shape index (κ3) is 3.47. The Morgan fingerprint density at radius 1 is 1.33 bits per heavy atom. The largest absolute Gasteiger partial charge is 0.480 e. The zero-order valence-electron chi connectivity index (χ0n) is 8.09. The molecule has 0 saturated carbocycles. The van der Waals surface area contributed by atoms with Crippen LogP contribution in [0.5, 0.6) is 0 Å². The molecule has 1 unspecified atom stereocenters. The Balaban J connectivity index is 2.64. The van der Waals surface area contributed by atoms with E-state index in [0.29, 0.717) is 0 Å². The average Bonchev–Trinajstić information content (AvgIpc) is 2.21. The zero-order valence-corrected chi connectivity index (χ0v) is 8.09. The molecule has 3 N–H and O–H groups in total. The normalized spacial score (nSPS) is 12.1. The summed E-state index contributed by atoms with van der Waals surface area (Å²) < 4.78 is 0. The third-order valence-electron chi connectivity index (χ3n) is 2.04. The van der Waals surface area contributed by atoms with Gasteiger partial charge < -0.3 is 10.8 Å². The van der Waals surface area contributed by atoms with Gasteiger partial charge in [0.15, 0.2) is 0 Å². The molecular weight excluding hydrogens is 196 g/mol. The maximum Gasteiger partial charge on any atom is 0.320 e. The predicted octanol–water partition coefficient (Wildman–Crippen LogP) is 0.907. The van der Waals surface area contributed by atoms with E-state index >= 15 is 0 Å². The van der Waals surface area contributed by atoms with Crippen molar-refractivity contribution in [3.63, 3.8) is 0 Å². The number of nitrogens with two attached hydrogens (primary N) is 1. The van der Waals surface area contributed by atoms with Crippen LogP contribution in [0.15, 0.2) is 29.4 Å². The molecule has 0 aromatic heterocycles. The van der Waals surface area contributed by atoms with Crippen molar-refractivity contribution >= 4 is 5.97 Å². The van der Waals surface area contributed by atoms with Crippen molar-refractivity contribution in [2.24, 2.45) is 10.9 Å². The number of nitroso groups, excluding NO2 is 1. The van der Waals surface area contributed by atoms with Crippen LogP contribution in [-0.2, 0) is 17.8 Å². The smallest absolute Gasteiger partial charge is 0.320 e. The second kappa shape index (κ2) is 5.21. The molecule has 0 heterocycles. The highest BCUT2D eigenvalue weighted by atomic mass is 16.4. The lowest BCUT2D eigenvalue weighted by Gasteiger charge is -2.06. The van der Waals surface area contributed by atoms with Gasteiger partial charge in [-0.3, -0.25) is 4.79 Å². The summed E-state index contributed by atoms with van der Waals surface area (Å²) in [7, 11) is 0. The van der Waals surface area contributed by atoms with E-state index in [1.165, 1.54) is 0 Å². The van der Waals surface area contributed by atoms with Gasteiger partial charge in [0.25, 0.3) is 0 Å². The van der Waals surface area contributed by atoms with Crippen molar-refractivity contribution in [2.75, 3.05) is 0 Å². The van der Waals surface area contributed by atoms with Crippen LogP contribution < -0.4 is 5.73 Å². The summed E-state index contributed by atoms with van der Waals surface area (Å²) in [6.45, 7) is 0.130. The van der Waals surface area contributed by atoms with Crippen LogP contribution in [0.4, 0.5) is 0 Å². The van der Waals surface area contributed by atoms with Crippen LogP contribution >= 0.6 is 0 Å². The van der Waals surface area contributed by atoms with Gasteiger partial charge in [0, 0.05) is 0 Å². The monoisotopic (exact) mass is 208 g/mol. The molecule has 15 heavy (non-hydrogen) atoms. The Labute approximate surface area is 86.9 Å². The number of carboxylic acids is 1. The van der Waals surface area contributed by atoms with Crippen LogP contribution in [0, 0.1) is 4.91 Å². The van der Waals surface area contributed by atoms with E-state index in [2.05, 4.69) is 5.18 Å². The molecule has 80 valence electrons. The Bertz CT molecular complexity index is 348. The topological polar surface area (TPSA) is 92.8 Å². The fourth-order valence-electron chi connectivity index (χ4n) is 1.20. The molecule has 5 nitrogen and oxygen atoms in total. The van der Waals surface area contributed by atoms with Gasteiger partial charge in [0.05, 0.1) is 0 Å². The number of nitrogens with zero attached hydrogens (tertiary/aromatic N) is 1. The molecule has 5 heteroatoms. The average molecular weight is 208 g/mol. The van der Waals surface area contributed by atoms with Gasteiger partial charge in [-0.15, -0.1) is 0 Å². The lowest BCUT2D eigenvalue weighted by Crippen LogP contribution is -2.32. The minimum Gasteiger partial charge on any atom is -0.480 e. The van der Waals surface area contributed by atoms with Crippen molar-refractivity contribution in [1.82, 2.24) is 0 Å². The summed E-state index contributed by atoms with van der Waals surface area (Å²) in [4.78, 5) is 20.5. The van der Waals surface area contributed by atoms with Crippen LogP contribution in [0.3, 0.4) is 0 Å². The fourth-order valence-corrected chi connectivity index (χ4v) is 1.20. The van der Waals surface area contributed by atoms with Gasteiger partial charge in [0.1, 0.15) is 12.6 Å². The van der Waals surface area contributed by atoms with Gasteiger partial charge in [-0.2, -0.15) is 4.91 Å². The molecule has 0 aliphatic heterocycles. The summed E-state index contributed by atoms with van der Waals surface area (Å²) in [5.74, 6) is -1.02. The molecule has 1 atom stereocenters. The van der Waals surface area contributed by atoms with Crippen molar-refractivity contribution < 1.29 is 9.90 Å². The van der Waals surface area contributed by atoms with Crippen LogP contribution in [0.1, 0.15) is 11.1 Å². The molecule has 0 aliphatic carbocycles. The maximum atomic E-state index is 10.5. The minimum absolute atomic E-state index is 0.130. The standard InChI is InChI=1S/C10H12N2O3/c11-9(10(13)14)5-7-1-3-8(4-2-7)6-12-15/h1-4,9H,5-6,11H2,(H,13,14). The first kappa shape index (κ1) is 11.3. The van der Waals surface area contributed by atoms with Crippen molar-refractivity contribution in [3.8, 4) is 0 Å². The second-order valence-electron chi connectivity index (χ2n) is 3.25. The van der Waals surface area contributed by atoms with Crippen LogP contribution in [0.25, 0.3) is 0 Å². The van der Waals surface area contributed by atoms with E-state index in [4.69, 9.17) is 10.8 Å². The number of aliphatic carboxylic acids is 1. The molecule has 0 aliphatic rings. The lowest BCUT2D eigenvalue weighted by atomic mass is 10.0. The van der Waals surface area contributed by atoms with E-state index in [0.717, 1.165) is 11.1 Å². The molecule has 0 fully saturated rings. The molecule has 0 spiro atoms. The molecule has 0 bridgehead atoms. The Hall–Kier alpha value is -1.75. The van der Waals surface area contributed by atoms with Gasteiger partial charge >= 0.3 is 5.97 Å². The van der Waals surface area contributed by atoms with Gasteiger partial charge in [-0.05, 0) is 17.5 Å². The third-order valence-corrected chi connectivity index (χ3v) is 2.04. The number of benzene rings is 1. The van der Waals surface area contributed by atoms with E-state index in [1.807, 2.05) is 0 Å². The first-order valence-corrected chi connectivity index (χ1v) is 4.49. The van der Waals surface area contributed by atoms with Gasteiger partial charge in [0.2, 0.25) is 0 Å². The predicted molar refractivity (Wildman–Crippen MR) is 55.3 cm³/mol. The number of hydrogen-bond acceptors (Lipinski definition) is 4. The number of carbonyl (C=O) groups is 1. The molecule has 0 amide bonds. The highest BCUT2D eigenvalue weighted by Gasteiger charge is 2.11. The second-order valence-corrected chi connectivity index (χ2v) is 3.25. The SMILES string of the molecule is NC(Cc1ccc(CN=O)cc1)C(=O)O. The Morgan fingerprint density at radius 3 is 2.33 bits per heavy atom. The quantitative estimate of drug-likeness (QED) is 0.703. The minimum atomic E-state index is -1.02. The molecule has 1 rings (SSSR count). The summed E-state index contributed by atoms with van der Waals surface area (Å²) in [6, 6.07) is 6.10. The Kier molecular flexibility index (Phi) is 3.93. The van der Waals surface area contributed by atoms with Gasteiger partial charge in [-0.25, -0.2) is 0 Å². The highest BCUT2D eigenvalue weighted by Crippen LogP contribution is 2.07. The van der Waals surface area contributed by atoms with E-state index in [9.17, 15) is 9.70 Å². The highest BCUT2D eigenvalue weighted by molar-refractivity contribution is 5.73. The van der Waals surface area contributed by atoms with E-state index in [-0.39, 0.29) is 13.0 Å². The molecule has 1 aromatic carbocycles. The summed E-state index contributed by atoms with van der Waals surface area (Å²) in [5, 5.41) is 11.4. The van der Waals surface area contributed by atoms with Crippen LogP contribution in [0.2, 0.25) is 0 Å². The zero-order chi connectivity index (χ0) is 11.3. The summed E-state index contributed by atoms with van der Waals surface area (Å²) in [6.07, 6.45) is 0.282. The first-order valence-electron chi connectivity index (χ1n) is 4.49. The van der Waals surface area contributed by atoms with E-state index < -0.39 is 12.0 Å². The van der Waals surface area contributed by atoms with Crippen molar-refractivity contribution in [1.29, 1.82) is 0 Å². The number of hydrogen-bond donors (Lipinski definition) is 2. The molecule has 1 aromatic rings. The number of rotatable bonds is 5. The summed E-state index contributed by atoms with van der Waals surface area (Å²) >= 11 is 0. The molecule has 0 saturated heterocycles.